The van der Waals surface area contributed by atoms with Crippen LogP contribution in [0, 0.1) is 0 Å². The molecule has 29 heavy (non-hydrogen) atoms. The maximum atomic E-state index is 12.8. The summed E-state index contributed by atoms with van der Waals surface area (Å²) in [5.41, 5.74) is 2.86. The lowest BCUT2D eigenvalue weighted by molar-refractivity contribution is -0.121. The molecule has 5 nitrogen and oxygen atoms in total. The molecule has 1 aliphatic heterocycles. The van der Waals surface area contributed by atoms with Crippen LogP contribution in [0.4, 0.5) is 0 Å². The number of nitrogens with zero attached hydrogens (tertiary/aromatic N) is 1. The third-order valence-corrected chi connectivity index (χ3v) is 5.97. The van der Waals surface area contributed by atoms with Gasteiger partial charge >= 0.3 is 0 Å². The molecule has 0 spiro atoms. The number of thiophene rings is 1. The van der Waals surface area contributed by atoms with Gasteiger partial charge in [-0.15, -0.1) is 11.3 Å². The predicted molar refractivity (Wildman–Crippen MR) is 112 cm³/mol. The average molecular weight is 404 g/mol. The molecule has 0 fully saturated rings. The van der Waals surface area contributed by atoms with Gasteiger partial charge in [0, 0.05) is 4.88 Å². The normalized spacial score (nSPS) is 14.0. The van der Waals surface area contributed by atoms with Crippen LogP contribution in [-0.4, -0.2) is 29.2 Å². The van der Waals surface area contributed by atoms with Gasteiger partial charge in [0.1, 0.15) is 6.54 Å². The van der Waals surface area contributed by atoms with Crippen LogP contribution in [0.25, 0.3) is 0 Å². The van der Waals surface area contributed by atoms with Gasteiger partial charge in [-0.3, -0.25) is 19.3 Å². The maximum absolute atomic E-state index is 12.8. The number of imide groups is 1. The molecule has 0 saturated carbocycles. The Bertz CT molecular complexity index is 1020. The first-order chi connectivity index (χ1) is 14.1. The third-order valence-electron chi connectivity index (χ3n) is 5.03. The van der Waals surface area contributed by atoms with E-state index in [0.29, 0.717) is 11.1 Å². The molecule has 0 radical (unpaired) electrons. The van der Waals surface area contributed by atoms with Gasteiger partial charge in [-0.1, -0.05) is 49.4 Å². The quantitative estimate of drug-likeness (QED) is 0.636. The van der Waals surface area contributed by atoms with Crippen molar-refractivity contribution in [3.8, 4) is 0 Å². The Hall–Kier alpha value is -3.25. The van der Waals surface area contributed by atoms with E-state index in [2.05, 4.69) is 12.2 Å². The van der Waals surface area contributed by atoms with Crippen molar-refractivity contribution >= 4 is 29.1 Å². The second kappa shape index (κ2) is 8.01. The van der Waals surface area contributed by atoms with Crippen LogP contribution in [0.5, 0.6) is 0 Å². The van der Waals surface area contributed by atoms with Gasteiger partial charge in [0.15, 0.2) is 0 Å². The van der Waals surface area contributed by atoms with E-state index in [9.17, 15) is 14.4 Å². The van der Waals surface area contributed by atoms with Gasteiger partial charge in [0.05, 0.1) is 17.2 Å². The summed E-state index contributed by atoms with van der Waals surface area (Å²) >= 11 is 1.55. The number of rotatable bonds is 6. The van der Waals surface area contributed by atoms with Crippen molar-refractivity contribution in [3.05, 3.63) is 93.2 Å². The number of hydrogen-bond donors (Lipinski definition) is 1. The first-order valence-electron chi connectivity index (χ1n) is 9.45. The van der Waals surface area contributed by atoms with Crippen molar-refractivity contribution in [2.45, 2.75) is 19.4 Å². The number of carbonyl (C=O) groups is 3. The van der Waals surface area contributed by atoms with E-state index in [1.54, 1.807) is 35.6 Å². The zero-order chi connectivity index (χ0) is 20.4. The van der Waals surface area contributed by atoms with Crippen molar-refractivity contribution in [2.24, 2.45) is 0 Å². The van der Waals surface area contributed by atoms with Gasteiger partial charge in [-0.05, 0) is 41.1 Å². The summed E-state index contributed by atoms with van der Waals surface area (Å²) in [5, 5.41) is 4.95. The molecule has 4 rings (SSSR count). The van der Waals surface area contributed by atoms with E-state index in [4.69, 9.17) is 0 Å². The monoisotopic (exact) mass is 404 g/mol. The molecule has 2 aromatic carbocycles. The molecular formula is C23H20N2O3S. The highest BCUT2D eigenvalue weighted by Crippen LogP contribution is 2.27. The number of amides is 3. The lowest BCUT2D eigenvalue weighted by Crippen LogP contribution is -2.41. The Morgan fingerprint density at radius 3 is 2.17 bits per heavy atom. The third kappa shape index (κ3) is 3.71. The van der Waals surface area contributed by atoms with Crippen LogP contribution < -0.4 is 5.32 Å². The highest BCUT2D eigenvalue weighted by Gasteiger charge is 2.36. The van der Waals surface area contributed by atoms with Crippen LogP contribution in [0.1, 0.15) is 49.7 Å². The van der Waals surface area contributed by atoms with Gasteiger partial charge in [0.25, 0.3) is 11.8 Å². The summed E-state index contributed by atoms with van der Waals surface area (Å²) < 4.78 is 0. The number of aryl methyl sites for hydroxylation is 1. The molecule has 0 bridgehead atoms. The molecule has 0 aliphatic carbocycles. The van der Waals surface area contributed by atoms with E-state index in [1.807, 2.05) is 41.8 Å². The fraction of sp³-hybridized carbons (Fsp3) is 0.174. The molecular weight excluding hydrogens is 384 g/mol. The van der Waals surface area contributed by atoms with E-state index in [1.165, 1.54) is 5.56 Å². The maximum Gasteiger partial charge on any atom is 0.262 e. The number of carbonyl (C=O) groups excluding carboxylic acids is 3. The average Bonchev–Trinajstić information content (AvgIpc) is 3.36. The van der Waals surface area contributed by atoms with E-state index in [-0.39, 0.29) is 18.5 Å². The largest absolute Gasteiger partial charge is 0.343 e. The standard InChI is InChI=1S/C23H20N2O3S/c1-2-15-9-11-16(12-10-15)21(19-8-5-13-29-19)24-20(26)14-25-22(27)17-6-3-4-7-18(17)23(25)28/h3-13,21H,2,14H2,1H3,(H,24,26)/t21-/m0/s1. The summed E-state index contributed by atoms with van der Waals surface area (Å²) in [6.07, 6.45) is 0.941. The summed E-state index contributed by atoms with van der Waals surface area (Å²) in [4.78, 5) is 39.8. The number of hydrogen-bond acceptors (Lipinski definition) is 4. The minimum absolute atomic E-state index is 0.304. The molecule has 6 heteroatoms. The molecule has 3 amide bonds. The number of nitrogens with one attached hydrogen (secondary N) is 1. The minimum atomic E-state index is -0.430. The predicted octanol–water partition coefficient (Wildman–Crippen LogP) is 3.81. The van der Waals surface area contributed by atoms with Crippen LogP contribution in [-0.2, 0) is 11.2 Å². The molecule has 0 saturated heterocycles. The first kappa shape index (κ1) is 19.1. The Kier molecular flexibility index (Phi) is 5.27. The Labute approximate surface area is 173 Å². The highest BCUT2D eigenvalue weighted by atomic mass is 32.1. The zero-order valence-corrected chi connectivity index (χ0v) is 16.7. The minimum Gasteiger partial charge on any atom is -0.343 e. The van der Waals surface area contributed by atoms with Crippen LogP contribution in [0.2, 0.25) is 0 Å². The fourth-order valence-electron chi connectivity index (χ4n) is 3.45. The van der Waals surface area contributed by atoms with E-state index in [0.717, 1.165) is 21.8 Å². The van der Waals surface area contributed by atoms with Crippen molar-refractivity contribution in [2.75, 3.05) is 6.54 Å². The van der Waals surface area contributed by atoms with Crippen molar-refractivity contribution in [1.82, 2.24) is 10.2 Å². The summed E-state index contributed by atoms with van der Waals surface area (Å²) in [6.45, 7) is 1.79. The molecule has 1 atom stereocenters. The molecule has 1 aliphatic rings. The van der Waals surface area contributed by atoms with Gasteiger partial charge in [-0.2, -0.15) is 0 Å². The van der Waals surface area contributed by atoms with Crippen molar-refractivity contribution in [1.29, 1.82) is 0 Å². The van der Waals surface area contributed by atoms with Gasteiger partial charge in [-0.25, -0.2) is 0 Å². The topological polar surface area (TPSA) is 66.5 Å². The van der Waals surface area contributed by atoms with Gasteiger partial charge in [0.2, 0.25) is 5.91 Å². The lowest BCUT2D eigenvalue weighted by Gasteiger charge is -2.20. The molecule has 1 aromatic heterocycles. The summed E-state index contributed by atoms with van der Waals surface area (Å²) in [5.74, 6) is -1.24. The van der Waals surface area contributed by atoms with Crippen molar-refractivity contribution < 1.29 is 14.4 Å². The number of fused-ring (bicyclic) bond motifs is 1. The molecule has 0 unspecified atom stereocenters. The summed E-state index contributed by atoms with van der Waals surface area (Å²) in [6, 6.07) is 18.3. The Morgan fingerprint density at radius 2 is 1.62 bits per heavy atom. The fourth-order valence-corrected chi connectivity index (χ4v) is 4.26. The highest BCUT2D eigenvalue weighted by molar-refractivity contribution is 7.10. The molecule has 1 N–H and O–H groups in total. The van der Waals surface area contributed by atoms with Crippen LogP contribution >= 0.6 is 11.3 Å². The molecule has 146 valence electrons. The molecule has 3 aromatic rings. The first-order valence-corrected chi connectivity index (χ1v) is 10.3. The Balaban J connectivity index is 1.53. The van der Waals surface area contributed by atoms with E-state index >= 15 is 0 Å². The van der Waals surface area contributed by atoms with Gasteiger partial charge < -0.3 is 5.32 Å². The second-order valence-electron chi connectivity index (χ2n) is 6.85. The second-order valence-corrected chi connectivity index (χ2v) is 7.83. The SMILES string of the molecule is CCc1ccc([C@H](NC(=O)CN2C(=O)c3ccccc3C2=O)c2cccs2)cc1. The Morgan fingerprint density at radius 1 is 0.966 bits per heavy atom. The van der Waals surface area contributed by atoms with Crippen molar-refractivity contribution in [3.63, 3.8) is 0 Å². The zero-order valence-electron chi connectivity index (χ0n) is 15.9. The molecule has 2 heterocycles. The smallest absolute Gasteiger partial charge is 0.262 e. The van der Waals surface area contributed by atoms with E-state index < -0.39 is 11.8 Å². The van der Waals surface area contributed by atoms with Crippen LogP contribution in [0.15, 0.2) is 66.0 Å². The number of benzene rings is 2. The summed E-state index contributed by atoms with van der Waals surface area (Å²) in [7, 11) is 0. The lowest BCUT2D eigenvalue weighted by atomic mass is 10.0. The van der Waals surface area contributed by atoms with Crippen LogP contribution in [0.3, 0.4) is 0 Å².